The van der Waals surface area contributed by atoms with E-state index < -0.39 is 0 Å². The summed E-state index contributed by atoms with van der Waals surface area (Å²) in [5, 5.41) is 2.44. The summed E-state index contributed by atoms with van der Waals surface area (Å²) < 4.78 is 4.40. The van der Waals surface area contributed by atoms with E-state index in [1.165, 1.54) is 36.3 Å². The third-order valence-corrected chi connectivity index (χ3v) is 2.48. The van der Waals surface area contributed by atoms with Crippen LogP contribution in [-0.4, -0.2) is 12.9 Å². The number of hydrogen-bond donors (Lipinski definition) is 1. The SMILES string of the molecule is CCC.CCSOOC.Nc1ccc2ccccc2c1. The molecule has 0 aliphatic carbocycles. The fraction of sp³-hybridized carbons (Fsp3) is 0.375. The molecule has 0 aromatic heterocycles. The highest BCUT2D eigenvalue weighted by Gasteiger charge is 1.89. The van der Waals surface area contributed by atoms with Gasteiger partial charge in [-0.1, -0.05) is 57.5 Å². The van der Waals surface area contributed by atoms with Gasteiger partial charge in [0, 0.05) is 23.5 Å². The van der Waals surface area contributed by atoms with Crippen LogP contribution in [0.3, 0.4) is 0 Å². The van der Waals surface area contributed by atoms with Gasteiger partial charge in [-0.05, 0) is 22.9 Å². The zero-order valence-electron chi connectivity index (χ0n) is 12.8. The van der Waals surface area contributed by atoms with Crippen LogP contribution in [0, 0.1) is 0 Å². The molecule has 3 nitrogen and oxygen atoms in total. The van der Waals surface area contributed by atoms with Gasteiger partial charge in [-0.2, -0.15) is 4.33 Å². The van der Waals surface area contributed by atoms with Crippen molar-refractivity contribution in [2.75, 3.05) is 18.6 Å². The van der Waals surface area contributed by atoms with Crippen molar-refractivity contribution in [3.63, 3.8) is 0 Å². The topological polar surface area (TPSA) is 44.5 Å². The van der Waals surface area contributed by atoms with Gasteiger partial charge < -0.3 is 5.73 Å². The van der Waals surface area contributed by atoms with Crippen LogP contribution in [0.1, 0.15) is 27.2 Å². The maximum atomic E-state index is 5.62. The summed E-state index contributed by atoms with van der Waals surface area (Å²) in [6.45, 7) is 6.24. The minimum absolute atomic E-state index is 0.823. The molecule has 2 aromatic rings. The molecule has 0 saturated heterocycles. The molecule has 2 rings (SSSR count). The van der Waals surface area contributed by atoms with Gasteiger partial charge in [0.1, 0.15) is 0 Å². The van der Waals surface area contributed by atoms with Crippen LogP contribution in [0.4, 0.5) is 5.69 Å². The van der Waals surface area contributed by atoms with E-state index in [2.05, 4.69) is 35.2 Å². The van der Waals surface area contributed by atoms with Crippen molar-refractivity contribution in [2.24, 2.45) is 0 Å². The number of fused-ring (bicyclic) bond motifs is 1. The molecule has 0 aliphatic heterocycles. The van der Waals surface area contributed by atoms with E-state index in [4.69, 9.17) is 5.73 Å². The molecule has 4 heteroatoms. The lowest BCUT2D eigenvalue weighted by atomic mass is 10.1. The van der Waals surface area contributed by atoms with Gasteiger partial charge in [0.25, 0.3) is 0 Å². The maximum absolute atomic E-state index is 5.62. The highest BCUT2D eigenvalue weighted by Crippen LogP contribution is 2.15. The molecule has 2 N–H and O–H groups in total. The number of benzene rings is 2. The van der Waals surface area contributed by atoms with Crippen LogP contribution >= 0.6 is 12.0 Å². The molecule has 0 bridgehead atoms. The molecular formula is C16H25NO2S. The van der Waals surface area contributed by atoms with E-state index in [0.29, 0.717) is 0 Å². The fourth-order valence-corrected chi connectivity index (χ4v) is 1.50. The molecular weight excluding hydrogens is 270 g/mol. The molecule has 20 heavy (non-hydrogen) atoms. The average Bonchev–Trinajstić information content (AvgIpc) is 2.46. The zero-order chi connectivity index (χ0) is 15.2. The molecule has 0 radical (unpaired) electrons. The molecule has 0 heterocycles. The molecule has 2 aromatic carbocycles. The van der Waals surface area contributed by atoms with E-state index in [1.54, 1.807) is 0 Å². The van der Waals surface area contributed by atoms with Gasteiger partial charge in [-0.15, -0.1) is 0 Å². The standard InChI is InChI=1S/C10H9N.C3H8O2S.C3H8/c11-10-6-5-8-3-1-2-4-9(8)7-10;1-3-6-5-4-2;1-3-2/h1-7H,11H2;3H2,1-2H3;3H2,1-2H3. The number of nitrogen functional groups attached to an aromatic ring is 1. The van der Waals surface area contributed by atoms with Crippen molar-refractivity contribution in [3.8, 4) is 0 Å². The zero-order valence-corrected chi connectivity index (χ0v) is 13.6. The highest BCUT2D eigenvalue weighted by molar-refractivity contribution is 7.94. The highest BCUT2D eigenvalue weighted by atomic mass is 32.2. The Morgan fingerprint density at radius 3 is 2.10 bits per heavy atom. The monoisotopic (exact) mass is 295 g/mol. The van der Waals surface area contributed by atoms with Crippen LogP contribution in [0.5, 0.6) is 0 Å². The van der Waals surface area contributed by atoms with Crippen molar-refractivity contribution in [1.82, 2.24) is 0 Å². The molecule has 0 saturated carbocycles. The van der Waals surface area contributed by atoms with Crippen LogP contribution in [0.25, 0.3) is 10.8 Å². The number of nitrogens with two attached hydrogens (primary N) is 1. The van der Waals surface area contributed by atoms with Crippen molar-refractivity contribution >= 4 is 28.5 Å². The first-order chi connectivity index (χ1) is 9.69. The summed E-state index contributed by atoms with van der Waals surface area (Å²) in [6.07, 6.45) is 1.25. The minimum atomic E-state index is 0.823. The van der Waals surface area contributed by atoms with E-state index in [-0.39, 0.29) is 0 Å². The van der Waals surface area contributed by atoms with Gasteiger partial charge in [-0.25, -0.2) is 4.89 Å². The van der Waals surface area contributed by atoms with Crippen molar-refractivity contribution in [3.05, 3.63) is 42.5 Å². The smallest absolute Gasteiger partial charge is 0.0725 e. The molecule has 0 amide bonds. The molecule has 0 spiro atoms. The second kappa shape index (κ2) is 12.8. The largest absolute Gasteiger partial charge is 0.399 e. The number of anilines is 1. The van der Waals surface area contributed by atoms with Gasteiger partial charge >= 0.3 is 0 Å². The first kappa shape index (κ1) is 18.8. The Morgan fingerprint density at radius 2 is 1.60 bits per heavy atom. The Labute approximate surface area is 126 Å². The second-order valence-electron chi connectivity index (χ2n) is 3.95. The van der Waals surface area contributed by atoms with Gasteiger partial charge in [0.15, 0.2) is 0 Å². The maximum Gasteiger partial charge on any atom is 0.0725 e. The number of rotatable bonds is 3. The lowest BCUT2D eigenvalue weighted by Crippen LogP contribution is -1.82. The summed E-state index contributed by atoms with van der Waals surface area (Å²) in [6, 6.07) is 14.1. The predicted octanol–water partition coefficient (Wildman–Crippen LogP) is 5.07. The number of hydrogen-bond acceptors (Lipinski definition) is 4. The van der Waals surface area contributed by atoms with Gasteiger partial charge in [0.2, 0.25) is 0 Å². The molecule has 0 atom stereocenters. The van der Waals surface area contributed by atoms with Crippen LogP contribution in [-0.2, 0) is 9.22 Å². The summed E-state index contributed by atoms with van der Waals surface area (Å²) in [5.41, 5.74) is 6.45. The van der Waals surface area contributed by atoms with Crippen LogP contribution < -0.4 is 5.73 Å². The molecule has 0 aliphatic rings. The lowest BCUT2D eigenvalue weighted by Gasteiger charge is -1.96. The Balaban J connectivity index is 0.000000344. The quantitative estimate of drug-likeness (QED) is 0.282. The van der Waals surface area contributed by atoms with Crippen LogP contribution in [0.15, 0.2) is 42.5 Å². The third kappa shape index (κ3) is 8.80. The fourth-order valence-electron chi connectivity index (χ4n) is 1.30. The van der Waals surface area contributed by atoms with E-state index in [0.717, 1.165) is 11.4 Å². The van der Waals surface area contributed by atoms with E-state index in [1.807, 2.05) is 37.3 Å². The predicted molar refractivity (Wildman–Crippen MR) is 90.6 cm³/mol. The Morgan fingerprint density at radius 1 is 1.00 bits per heavy atom. The van der Waals surface area contributed by atoms with Crippen LogP contribution in [0.2, 0.25) is 0 Å². The van der Waals surface area contributed by atoms with Crippen molar-refractivity contribution in [1.29, 1.82) is 0 Å². The molecule has 0 fully saturated rings. The van der Waals surface area contributed by atoms with Gasteiger partial charge in [0.05, 0.1) is 7.11 Å². The Bertz CT molecular complexity index is 459. The Kier molecular flexibility index (Phi) is 12.0. The third-order valence-electron chi connectivity index (χ3n) is 2.01. The van der Waals surface area contributed by atoms with Gasteiger partial charge in [-0.3, -0.25) is 0 Å². The van der Waals surface area contributed by atoms with E-state index >= 15 is 0 Å². The summed E-state index contributed by atoms with van der Waals surface area (Å²) in [5.74, 6) is 0.924. The normalized spacial score (nSPS) is 9.20. The summed E-state index contributed by atoms with van der Waals surface area (Å²) in [4.78, 5) is 4.25. The minimum Gasteiger partial charge on any atom is -0.399 e. The van der Waals surface area contributed by atoms with E-state index in [9.17, 15) is 0 Å². The first-order valence-corrected chi connectivity index (χ1v) is 7.67. The van der Waals surface area contributed by atoms with Crippen molar-refractivity contribution < 1.29 is 9.22 Å². The molecule has 0 unspecified atom stereocenters. The second-order valence-corrected chi connectivity index (χ2v) is 4.90. The summed E-state index contributed by atoms with van der Waals surface area (Å²) in [7, 11) is 1.49. The average molecular weight is 295 g/mol. The Hall–Kier alpha value is -1.23. The molecule has 112 valence electrons. The lowest BCUT2D eigenvalue weighted by molar-refractivity contribution is -0.160. The summed E-state index contributed by atoms with van der Waals surface area (Å²) >= 11 is 1.29. The first-order valence-electron chi connectivity index (χ1n) is 6.76. The van der Waals surface area contributed by atoms with Crippen molar-refractivity contribution in [2.45, 2.75) is 27.2 Å².